The minimum atomic E-state index is -3.63. The van der Waals surface area contributed by atoms with Crippen LogP contribution < -0.4 is 10.2 Å². The van der Waals surface area contributed by atoms with Crippen LogP contribution in [0.2, 0.25) is 0 Å². The minimum absolute atomic E-state index is 0.254. The third-order valence-electron chi connectivity index (χ3n) is 5.64. The smallest absolute Gasteiger partial charge is 0.243 e. The van der Waals surface area contributed by atoms with E-state index in [4.69, 9.17) is 0 Å². The predicted octanol–water partition coefficient (Wildman–Crippen LogP) is 3.88. The number of nitrogens with zero attached hydrogens (tertiary/aromatic N) is 4. The lowest BCUT2D eigenvalue weighted by Crippen LogP contribution is -2.48. The quantitative estimate of drug-likeness (QED) is 0.502. The highest BCUT2D eigenvalue weighted by Crippen LogP contribution is 2.28. The lowest BCUT2D eigenvalue weighted by Gasteiger charge is -2.35. The average molecular weight is 446 g/mol. The van der Waals surface area contributed by atoms with Crippen molar-refractivity contribution in [2.75, 3.05) is 36.4 Å². The van der Waals surface area contributed by atoms with E-state index < -0.39 is 10.0 Å². The highest BCUT2D eigenvalue weighted by molar-refractivity contribution is 7.89. The number of piperazine rings is 1. The molecule has 0 saturated carbocycles. The SMILES string of the molecule is O=S(=O)(c1ccc2ncnc(Nc3ccccc3)c2c1)N1CCN(c2ccccc2)CC1. The van der Waals surface area contributed by atoms with Gasteiger partial charge in [-0.25, -0.2) is 18.4 Å². The summed E-state index contributed by atoms with van der Waals surface area (Å²) in [4.78, 5) is 11.1. The third kappa shape index (κ3) is 4.02. The molecule has 0 bridgehead atoms. The van der Waals surface area contributed by atoms with E-state index in [0.29, 0.717) is 42.9 Å². The summed E-state index contributed by atoms with van der Waals surface area (Å²) in [6.07, 6.45) is 1.48. The summed E-state index contributed by atoms with van der Waals surface area (Å²) in [5.41, 5.74) is 2.67. The van der Waals surface area contributed by atoms with Gasteiger partial charge in [-0.3, -0.25) is 0 Å². The molecule has 0 aliphatic carbocycles. The van der Waals surface area contributed by atoms with Gasteiger partial charge in [0.2, 0.25) is 10.0 Å². The van der Waals surface area contributed by atoms with Gasteiger partial charge in [0.1, 0.15) is 12.1 Å². The Hall–Kier alpha value is -3.49. The van der Waals surface area contributed by atoms with E-state index in [1.165, 1.54) is 6.33 Å². The molecule has 3 aromatic carbocycles. The van der Waals surface area contributed by atoms with Crippen LogP contribution in [-0.4, -0.2) is 48.9 Å². The summed E-state index contributed by atoms with van der Waals surface area (Å²) < 4.78 is 28.3. The van der Waals surface area contributed by atoms with Crippen LogP contribution in [-0.2, 0) is 10.0 Å². The number of anilines is 3. The molecule has 8 heteroatoms. The van der Waals surface area contributed by atoms with E-state index in [2.05, 4.69) is 32.3 Å². The standard InChI is InChI=1S/C24H23N5O2S/c30-32(31,29-15-13-28(14-16-29)20-9-5-2-6-10-20)21-11-12-23-22(17-21)24(26-18-25-23)27-19-7-3-1-4-8-19/h1-12,17-18H,13-16H2,(H,25,26,27). The Bertz CT molecular complexity index is 1320. The van der Waals surface area contributed by atoms with Crippen LogP contribution in [0.3, 0.4) is 0 Å². The second-order valence-corrected chi connectivity index (χ2v) is 9.56. The Balaban J connectivity index is 1.41. The Morgan fingerprint density at radius 3 is 2.19 bits per heavy atom. The molecule has 2 heterocycles. The molecule has 0 amide bonds. The van der Waals surface area contributed by atoms with E-state index in [0.717, 1.165) is 11.4 Å². The molecule has 1 saturated heterocycles. The van der Waals surface area contributed by atoms with Crippen LogP contribution in [0, 0.1) is 0 Å². The molecule has 1 aliphatic rings. The van der Waals surface area contributed by atoms with E-state index in [9.17, 15) is 8.42 Å². The molecule has 1 N–H and O–H groups in total. The minimum Gasteiger partial charge on any atom is -0.369 e. The number of para-hydroxylation sites is 2. The number of hydrogen-bond acceptors (Lipinski definition) is 6. The van der Waals surface area contributed by atoms with Crippen LogP contribution in [0.1, 0.15) is 0 Å². The maximum Gasteiger partial charge on any atom is 0.243 e. The Kier molecular flexibility index (Phi) is 5.46. The summed E-state index contributed by atoms with van der Waals surface area (Å²) in [5.74, 6) is 0.576. The van der Waals surface area contributed by atoms with Crippen molar-refractivity contribution in [3.05, 3.63) is 85.2 Å². The number of aromatic nitrogens is 2. The first-order chi connectivity index (χ1) is 15.6. The van der Waals surface area contributed by atoms with Crippen molar-refractivity contribution in [2.24, 2.45) is 0 Å². The predicted molar refractivity (Wildman–Crippen MR) is 127 cm³/mol. The highest BCUT2D eigenvalue weighted by Gasteiger charge is 2.29. The average Bonchev–Trinajstić information content (AvgIpc) is 2.85. The van der Waals surface area contributed by atoms with E-state index in [1.54, 1.807) is 22.5 Å². The fraction of sp³-hybridized carbons (Fsp3) is 0.167. The van der Waals surface area contributed by atoms with Gasteiger partial charge in [-0.1, -0.05) is 36.4 Å². The van der Waals surface area contributed by atoms with Crippen LogP contribution in [0.25, 0.3) is 10.9 Å². The van der Waals surface area contributed by atoms with Gasteiger partial charge in [0, 0.05) is 42.9 Å². The van der Waals surface area contributed by atoms with Gasteiger partial charge in [0.25, 0.3) is 0 Å². The topological polar surface area (TPSA) is 78.4 Å². The number of hydrogen-bond donors (Lipinski definition) is 1. The van der Waals surface area contributed by atoms with Crippen molar-refractivity contribution in [1.82, 2.24) is 14.3 Å². The molecule has 162 valence electrons. The number of nitrogens with one attached hydrogen (secondary N) is 1. The van der Waals surface area contributed by atoms with Gasteiger partial charge in [-0.15, -0.1) is 0 Å². The van der Waals surface area contributed by atoms with Crippen molar-refractivity contribution < 1.29 is 8.42 Å². The maximum atomic E-state index is 13.4. The van der Waals surface area contributed by atoms with Crippen LogP contribution in [0.15, 0.2) is 90.1 Å². The number of sulfonamides is 1. The second kappa shape index (κ2) is 8.57. The summed E-state index contributed by atoms with van der Waals surface area (Å²) in [6, 6.07) is 24.8. The molecule has 7 nitrogen and oxygen atoms in total. The highest BCUT2D eigenvalue weighted by atomic mass is 32.2. The largest absolute Gasteiger partial charge is 0.369 e. The summed E-state index contributed by atoms with van der Waals surface area (Å²) in [7, 11) is -3.63. The zero-order chi connectivity index (χ0) is 22.0. The number of fused-ring (bicyclic) bond motifs is 1. The molecule has 4 aromatic rings. The van der Waals surface area contributed by atoms with Gasteiger partial charge >= 0.3 is 0 Å². The van der Waals surface area contributed by atoms with Gasteiger partial charge in [-0.05, 0) is 42.5 Å². The number of rotatable bonds is 5. The Morgan fingerprint density at radius 1 is 0.781 bits per heavy atom. The molecule has 1 aliphatic heterocycles. The lowest BCUT2D eigenvalue weighted by molar-refractivity contribution is 0.385. The molecule has 5 rings (SSSR count). The monoisotopic (exact) mass is 445 g/mol. The molecule has 1 fully saturated rings. The first kappa shape index (κ1) is 20.4. The summed E-state index contributed by atoms with van der Waals surface area (Å²) in [6.45, 7) is 2.19. The fourth-order valence-electron chi connectivity index (χ4n) is 3.93. The van der Waals surface area contributed by atoms with E-state index >= 15 is 0 Å². The van der Waals surface area contributed by atoms with Gasteiger partial charge in [-0.2, -0.15) is 4.31 Å². The van der Waals surface area contributed by atoms with Crippen molar-refractivity contribution in [3.63, 3.8) is 0 Å². The van der Waals surface area contributed by atoms with Crippen molar-refractivity contribution >= 4 is 38.1 Å². The molecule has 0 radical (unpaired) electrons. The fourth-order valence-corrected chi connectivity index (χ4v) is 5.38. The maximum absolute atomic E-state index is 13.4. The molecule has 1 aromatic heterocycles. The summed E-state index contributed by atoms with van der Waals surface area (Å²) >= 11 is 0. The van der Waals surface area contributed by atoms with Crippen molar-refractivity contribution in [2.45, 2.75) is 4.90 Å². The van der Waals surface area contributed by atoms with Crippen molar-refractivity contribution in [3.8, 4) is 0 Å². The van der Waals surface area contributed by atoms with Gasteiger partial charge < -0.3 is 10.2 Å². The molecule has 0 unspecified atom stereocenters. The first-order valence-corrected chi connectivity index (χ1v) is 11.9. The van der Waals surface area contributed by atoms with Crippen LogP contribution >= 0.6 is 0 Å². The molecule has 0 spiro atoms. The lowest BCUT2D eigenvalue weighted by atomic mass is 10.2. The zero-order valence-corrected chi connectivity index (χ0v) is 18.2. The first-order valence-electron chi connectivity index (χ1n) is 10.5. The van der Waals surface area contributed by atoms with Crippen LogP contribution in [0.4, 0.5) is 17.2 Å². The zero-order valence-electron chi connectivity index (χ0n) is 17.4. The van der Waals surface area contributed by atoms with Gasteiger partial charge in [0.15, 0.2) is 0 Å². The second-order valence-electron chi connectivity index (χ2n) is 7.62. The summed E-state index contributed by atoms with van der Waals surface area (Å²) in [5, 5.41) is 3.93. The molecule has 32 heavy (non-hydrogen) atoms. The molecular weight excluding hydrogens is 422 g/mol. The van der Waals surface area contributed by atoms with Crippen molar-refractivity contribution in [1.29, 1.82) is 0 Å². The molecular formula is C24H23N5O2S. The van der Waals surface area contributed by atoms with Crippen LogP contribution in [0.5, 0.6) is 0 Å². The van der Waals surface area contributed by atoms with E-state index in [1.807, 2.05) is 48.5 Å². The third-order valence-corrected chi connectivity index (χ3v) is 7.54. The van der Waals surface area contributed by atoms with Gasteiger partial charge in [0.05, 0.1) is 10.4 Å². The Morgan fingerprint density at radius 2 is 1.47 bits per heavy atom. The Labute approximate surface area is 187 Å². The van der Waals surface area contributed by atoms with E-state index in [-0.39, 0.29) is 4.90 Å². The normalized spacial score (nSPS) is 15.1. The number of benzene rings is 3. The molecule has 0 atom stereocenters.